The highest BCUT2D eigenvalue weighted by atomic mass is 127. The molecule has 0 unspecified atom stereocenters. The molecule has 0 atom stereocenters. The molecule has 0 aliphatic carbocycles. The van der Waals surface area contributed by atoms with Gasteiger partial charge in [0.2, 0.25) is 0 Å². The van der Waals surface area contributed by atoms with Crippen molar-refractivity contribution < 1.29 is 0 Å². The molecule has 3 rings (SSSR count). The lowest BCUT2D eigenvalue weighted by Gasteiger charge is -2.14. The van der Waals surface area contributed by atoms with Crippen molar-refractivity contribution in [3.8, 4) is 0 Å². The van der Waals surface area contributed by atoms with Gasteiger partial charge in [-0.1, -0.05) is 37.3 Å². The van der Waals surface area contributed by atoms with E-state index >= 15 is 0 Å². The largest absolute Gasteiger partial charge is 0.370 e. The first-order valence-electron chi connectivity index (χ1n) is 8.78. The molecule has 142 valence electrons. The second-order valence-electron chi connectivity index (χ2n) is 6.43. The molecular formula is C21H26IN5. The Kier molecular flexibility index (Phi) is 7.41. The van der Waals surface area contributed by atoms with Gasteiger partial charge in [-0.25, -0.2) is 9.98 Å². The second-order valence-corrected chi connectivity index (χ2v) is 6.43. The zero-order chi connectivity index (χ0) is 18.5. The van der Waals surface area contributed by atoms with Gasteiger partial charge in [-0.2, -0.15) is 0 Å². The Morgan fingerprint density at radius 1 is 1.11 bits per heavy atom. The van der Waals surface area contributed by atoms with Crippen LogP contribution in [0.2, 0.25) is 0 Å². The van der Waals surface area contributed by atoms with Gasteiger partial charge >= 0.3 is 0 Å². The number of nitrogens with zero attached hydrogens (tertiary/aromatic N) is 3. The number of nitrogens with one attached hydrogen (secondary N) is 1. The lowest BCUT2D eigenvalue weighted by atomic mass is 10.1. The van der Waals surface area contributed by atoms with Crippen LogP contribution in [0.3, 0.4) is 0 Å². The molecule has 27 heavy (non-hydrogen) atoms. The summed E-state index contributed by atoms with van der Waals surface area (Å²) in [4.78, 5) is 11.2. The highest BCUT2D eigenvalue weighted by molar-refractivity contribution is 14.0. The smallest absolute Gasteiger partial charge is 0.193 e. The molecular weight excluding hydrogens is 449 g/mol. The van der Waals surface area contributed by atoms with E-state index in [1.165, 1.54) is 5.56 Å². The number of guanidine groups is 1. The average Bonchev–Trinajstić information content (AvgIpc) is 2.66. The Morgan fingerprint density at radius 2 is 1.89 bits per heavy atom. The van der Waals surface area contributed by atoms with Gasteiger partial charge in [0.15, 0.2) is 5.96 Å². The summed E-state index contributed by atoms with van der Waals surface area (Å²) in [6.45, 7) is 2.63. The summed E-state index contributed by atoms with van der Waals surface area (Å²) in [7, 11) is 3.97. The lowest BCUT2D eigenvalue weighted by molar-refractivity contribution is 1.04. The molecule has 3 aromatic rings. The van der Waals surface area contributed by atoms with Crippen molar-refractivity contribution in [2.75, 3.05) is 24.3 Å². The maximum atomic E-state index is 6.10. The van der Waals surface area contributed by atoms with Crippen LogP contribution in [0, 0.1) is 0 Å². The van der Waals surface area contributed by atoms with Gasteiger partial charge in [0.25, 0.3) is 0 Å². The van der Waals surface area contributed by atoms with Gasteiger partial charge in [0.05, 0.1) is 12.1 Å². The van der Waals surface area contributed by atoms with E-state index in [1.807, 2.05) is 49.3 Å². The number of para-hydroxylation sites is 1. The number of hydrogen-bond acceptors (Lipinski definition) is 3. The van der Waals surface area contributed by atoms with Crippen molar-refractivity contribution in [1.29, 1.82) is 0 Å². The molecule has 0 radical (unpaired) electrons. The zero-order valence-electron chi connectivity index (χ0n) is 15.9. The lowest BCUT2D eigenvalue weighted by Crippen LogP contribution is -2.22. The molecule has 2 aromatic carbocycles. The Labute approximate surface area is 177 Å². The number of fused-ring (bicyclic) bond motifs is 1. The predicted octanol–water partition coefficient (Wildman–Crippen LogP) is 4.41. The van der Waals surface area contributed by atoms with Crippen LogP contribution in [0.5, 0.6) is 0 Å². The van der Waals surface area contributed by atoms with Crippen molar-refractivity contribution in [2.24, 2.45) is 10.7 Å². The highest BCUT2D eigenvalue weighted by Gasteiger charge is 2.07. The van der Waals surface area contributed by atoms with Crippen LogP contribution in [0.15, 0.2) is 59.6 Å². The Hall–Kier alpha value is -2.35. The number of aryl methyl sites for hydroxylation is 1. The van der Waals surface area contributed by atoms with E-state index < -0.39 is 0 Å². The number of pyridine rings is 1. The van der Waals surface area contributed by atoms with Gasteiger partial charge in [-0.05, 0) is 41.8 Å². The number of halogens is 1. The van der Waals surface area contributed by atoms with E-state index in [2.05, 4.69) is 46.5 Å². The van der Waals surface area contributed by atoms with Crippen LogP contribution in [-0.4, -0.2) is 25.0 Å². The van der Waals surface area contributed by atoms with E-state index in [4.69, 9.17) is 5.73 Å². The third-order valence-electron chi connectivity index (χ3n) is 4.27. The molecule has 0 fully saturated rings. The molecule has 6 heteroatoms. The van der Waals surface area contributed by atoms with Crippen LogP contribution in [-0.2, 0) is 13.0 Å². The first kappa shape index (κ1) is 21.0. The maximum absolute atomic E-state index is 6.10. The maximum Gasteiger partial charge on any atom is 0.193 e. The van der Waals surface area contributed by atoms with Gasteiger partial charge in [0, 0.05) is 25.2 Å². The van der Waals surface area contributed by atoms with Crippen molar-refractivity contribution in [2.45, 2.75) is 19.9 Å². The standard InChI is InChI=1S/C21H25N5.HI/c1-4-15-8-7-9-17(12-15)24-21(22)23-14-16-13-20(26(2)3)25-19-11-6-5-10-18(16)19;/h5-13H,4,14H2,1-3H3,(H3,22,23,24);1H. The van der Waals surface area contributed by atoms with Crippen molar-refractivity contribution in [3.05, 3.63) is 65.7 Å². The number of hydrogen-bond donors (Lipinski definition) is 2. The molecule has 0 amide bonds. The first-order chi connectivity index (χ1) is 12.6. The molecule has 0 bridgehead atoms. The first-order valence-corrected chi connectivity index (χ1v) is 8.78. The fraction of sp³-hybridized carbons (Fsp3) is 0.238. The predicted molar refractivity (Wildman–Crippen MR) is 126 cm³/mol. The molecule has 0 spiro atoms. The third-order valence-corrected chi connectivity index (χ3v) is 4.27. The number of aromatic nitrogens is 1. The summed E-state index contributed by atoms with van der Waals surface area (Å²) in [5.74, 6) is 1.32. The number of anilines is 2. The van der Waals surface area contributed by atoms with Gasteiger partial charge < -0.3 is 16.0 Å². The van der Waals surface area contributed by atoms with Crippen LogP contribution < -0.4 is 16.0 Å². The minimum Gasteiger partial charge on any atom is -0.370 e. The van der Waals surface area contributed by atoms with Crippen LogP contribution >= 0.6 is 24.0 Å². The molecule has 0 aliphatic rings. The summed E-state index contributed by atoms with van der Waals surface area (Å²) in [5, 5.41) is 4.27. The molecule has 3 N–H and O–H groups in total. The number of benzene rings is 2. The summed E-state index contributed by atoms with van der Waals surface area (Å²) in [6, 6.07) is 18.4. The number of aliphatic imine (C=N–C) groups is 1. The van der Waals surface area contributed by atoms with Crippen molar-refractivity contribution in [1.82, 2.24) is 4.98 Å². The third kappa shape index (κ3) is 5.32. The summed E-state index contributed by atoms with van der Waals surface area (Å²) < 4.78 is 0. The Morgan fingerprint density at radius 3 is 2.63 bits per heavy atom. The zero-order valence-corrected chi connectivity index (χ0v) is 18.3. The normalized spacial score (nSPS) is 11.1. The van der Waals surface area contributed by atoms with Gasteiger partial charge in [0.1, 0.15) is 5.82 Å². The molecule has 0 aliphatic heterocycles. The van der Waals surface area contributed by atoms with Gasteiger partial charge in [-0.15, -0.1) is 24.0 Å². The molecule has 0 saturated heterocycles. The molecule has 5 nitrogen and oxygen atoms in total. The minimum atomic E-state index is 0. The molecule has 1 aromatic heterocycles. The topological polar surface area (TPSA) is 66.5 Å². The van der Waals surface area contributed by atoms with E-state index in [1.54, 1.807) is 0 Å². The second kappa shape index (κ2) is 9.55. The summed E-state index contributed by atoms with van der Waals surface area (Å²) in [6.07, 6.45) is 0.989. The summed E-state index contributed by atoms with van der Waals surface area (Å²) >= 11 is 0. The fourth-order valence-corrected chi connectivity index (χ4v) is 2.82. The summed E-state index contributed by atoms with van der Waals surface area (Å²) in [5.41, 5.74) is 10.4. The van der Waals surface area contributed by atoms with E-state index in [0.717, 1.165) is 34.4 Å². The van der Waals surface area contributed by atoms with E-state index in [0.29, 0.717) is 12.5 Å². The van der Waals surface area contributed by atoms with E-state index in [-0.39, 0.29) is 24.0 Å². The number of nitrogens with two attached hydrogens (primary N) is 1. The van der Waals surface area contributed by atoms with Crippen LogP contribution in [0.25, 0.3) is 10.9 Å². The highest BCUT2D eigenvalue weighted by Crippen LogP contribution is 2.22. The Balaban J connectivity index is 0.00000261. The van der Waals surface area contributed by atoms with E-state index in [9.17, 15) is 0 Å². The molecule has 0 saturated carbocycles. The Bertz CT molecular complexity index is 937. The number of rotatable bonds is 5. The SMILES string of the molecule is CCc1cccc(NC(N)=NCc2cc(N(C)C)nc3ccccc23)c1.I. The quantitative estimate of drug-likeness (QED) is 0.326. The van der Waals surface area contributed by atoms with Crippen molar-refractivity contribution in [3.63, 3.8) is 0 Å². The van der Waals surface area contributed by atoms with Gasteiger partial charge in [-0.3, -0.25) is 0 Å². The molecule has 1 heterocycles. The average molecular weight is 475 g/mol. The minimum absolute atomic E-state index is 0. The van der Waals surface area contributed by atoms with Crippen LogP contribution in [0.1, 0.15) is 18.1 Å². The monoisotopic (exact) mass is 475 g/mol. The fourth-order valence-electron chi connectivity index (χ4n) is 2.82. The van der Waals surface area contributed by atoms with Crippen molar-refractivity contribution >= 4 is 52.3 Å². The van der Waals surface area contributed by atoms with Crippen LogP contribution in [0.4, 0.5) is 11.5 Å².